The van der Waals surface area contributed by atoms with Gasteiger partial charge in [-0.1, -0.05) is 36.8 Å². The Morgan fingerprint density at radius 3 is 2.75 bits per heavy atom. The third kappa shape index (κ3) is 3.99. The van der Waals surface area contributed by atoms with Crippen LogP contribution in [0.5, 0.6) is 5.75 Å². The zero-order valence-corrected chi connectivity index (χ0v) is 20.8. The minimum Gasteiger partial charge on any atom is -0.494 e. The lowest BCUT2D eigenvalue weighted by molar-refractivity contribution is 0.0969. The van der Waals surface area contributed by atoms with Crippen molar-refractivity contribution in [2.45, 2.75) is 39.7 Å². The number of halogens is 1. The summed E-state index contributed by atoms with van der Waals surface area (Å²) in [6, 6.07) is 9.88. The van der Waals surface area contributed by atoms with E-state index < -0.39 is 23.2 Å². The summed E-state index contributed by atoms with van der Waals surface area (Å²) in [7, 11) is 0. The average molecular weight is 507 g/mol. The Hall–Kier alpha value is -3.85. The summed E-state index contributed by atoms with van der Waals surface area (Å²) in [5.41, 5.74) is 0.819. The maximum atomic E-state index is 14.0. The predicted octanol–water partition coefficient (Wildman–Crippen LogP) is 5.83. The quantitative estimate of drug-likeness (QED) is 0.231. The van der Waals surface area contributed by atoms with Crippen LogP contribution < -0.4 is 15.1 Å². The number of rotatable bonds is 7. The first-order chi connectivity index (χ1) is 17.3. The van der Waals surface area contributed by atoms with Crippen LogP contribution in [-0.2, 0) is 0 Å². The first kappa shape index (κ1) is 23.9. The van der Waals surface area contributed by atoms with E-state index in [0.717, 1.165) is 30.2 Å². The topological polar surface area (TPSA) is 89.7 Å². The molecule has 1 amide bonds. The molecule has 3 heterocycles. The lowest BCUT2D eigenvalue weighted by Gasteiger charge is -2.23. The molecule has 0 fully saturated rings. The second-order valence-corrected chi connectivity index (χ2v) is 9.61. The van der Waals surface area contributed by atoms with Crippen LogP contribution >= 0.6 is 11.3 Å². The van der Waals surface area contributed by atoms with E-state index in [1.165, 1.54) is 24.0 Å². The van der Waals surface area contributed by atoms with Gasteiger partial charge in [-0.3, -0.25) is 19.3 Å². The molecule has 1 aliphatic heterocycles. The first-order valence-electron chi connectivity index (χ1n) is 11.6. The number of aromatic nitrogens is 1. The number of anilines is 1. The summed E-state index contributed by atoms with van der Waals surface area (Å²) in [4.78, 5) is 45.7. The Morgan fingerprint density at radius 1 is 1.22 bits per heavy atom. The van der Waals surface area contributed by atoms with Crippen LogP contribution in [0.15, 0.2) is 51.7 Å². The van der Waals surface area contributed by atoms with E-state index in [9.17, 15) is 18.8 Å². The van der Waals surface area contributed by atoms with E-state index in [2.05, 4.69) is 11.9 Å². The lowest BCUT2D eigenvalue weighted by Crippen LogP contribution is -2.29. The minimum absolute atomic E-state index is 0.0449. The van der Waals surface area contributed by atoms with Gasteiger partial charge in [0.25, 0.3) is 5.91 Å². The van der Waals surface area contributed by atoms with Gasteiger partial charge in [-0.25, -0.2) is 9.37 Å². The van der Waals surface area contributed by atoms with Crippen molar-refractivity contribution >= 4 is 39.1 Å². The second-order valence-electron chi connectivity index (χ2n) is 8.63. The number of unbranched alkanes of at least 4 members (excludes halogenated alkanes) is 1. The number of hydrogen-bond donors (Lipinski definition) is 0. The fraction of sp³-hybridized carbons (Fsp3) is 0.259. The van der Waals surface area contributed by atoms with E-state index >= 15 is 0 Å². The number of nitrogens with zero attached hydrogens (tertiary/aromatic N) is 2. The van der Waals surface area contributed by atoms with Crippen molar-refractivity contribution in [2.24, 2.45) is 0 Å². The zero-order chi connectivity index (χ0) is 25.6. The maximum absolute atomic E-state index is 14.0. The van der Waals surface area contributed by atoms with E-state index in [0.29, 0.717) is 28.5 Å². The molecule has 4 aromatic rings. The van der Waals surface area contributed by atoms with Gasteiger partial charge in [-0.2, -0.15) is 0 Å². The molecule has 1 aliphatic rings. The summed E-state index contributed by atoms with van der Waals surface area (Å²) in [5.74, 6) is -0.838. The number of ketones is 1. The predicted molar refractivity (Wildman–Crippen MR) is 135 cm³/mol. The molecule has 36 heavy (non-hydrogen) atoms. The molecular weight excluding hydrogens is 483 g/mol. The second kappa shape index (κ2) is 9.31. The molecule has 1 atom stereocenters. The number of benzene rings is 2. The van der Waals surface area contributed by atoms with Crippen molar-refractivity contribution in [3.63, 3.8) is 0 Å². The van der Waals surface area contributed by atoms with Gasteiger partial charge in [0.15, 0.2) is 16.3 Å². The number of ether oxygens (including phenoxy) is 1. The molecule has 0 aliphatic carbocycles. The standard InChI is InChI=1S/C27H23FN2O5S/c1-4-5-11-34-18-8-6-7-16(12-18)22-21-23(32)19-13-17(28)9-10-20(19)35-24(21)26(33)30(22)27-29-14(2)25(36-27)15(3)31/h6-10,12-13,22H,4-5,11H2,1-3H3. The van der Waals surface area contributed by atoms with Gasteiger partial charge in [-0.05, 0) is 49.2 Å². The highest BCUT2D eigenvalue weighted by atomic mass is 32.1. The van der Waals surface area contributed by atoms with Gasteiger partial charge in [0.2, 0.25) is 5.76 Å². The van der Waals surface area contributed by atoms with Crippen LogP contribution in [0, 0.1) is 12.7 Å². The molecule has 2 aromatic heterocycles. The fourth-order valence-electron chi connectivity index (χ4n) is 4.38. The zero-order valence-electron chi connectivity index (χ0n) is 20.0. The Balaban J connectivity index is 1.73. The highest BCUT2D eigenvalue weighted by molar-refractivity contribution is 7.17. The molecular formula is C27H23FN2O5S. The Kier molecular flexibility index (Phi) is 6.17. The van der Waals surface area contributed by atoms with Crippen molar-refractivity contribution in [3.8, 4) is 5.75 Å². The molecule has 0 bridgehead atoms. The van der Waals surface area contributed by atoms with Crippen molar-refractivity contribution in [3.05, 3.63) is 86.0 Å². The van der Waals surface area contributed by atoms with Gasteiger partial charge in [0.05, 0.1) is 34.2 Å². The minimum atomic E-state index is -0.892. The highest BCUT2D eigenvalue weighted by Gasteiger charge is 2.45. The van der Waals surface area contributed by atoms with Crippen LogP contribution in [-0.4, -0.2) is 23.3 Å². The summed E-state index contributed by atoms with van der Waals surface area (Å²) in [6.07, 6.45) is 1.86. The van der Waals surface area contributed by atoms with Gasteiger partial charge < -0.3 is 9.15 Å². The monoisotopic (exact) mass is 506 g/mol. The number of carbonyl (C=O) groups is 2. The van der Waals surface area contributed by atoms with Crippen LogP contribution in [0.1, 0.15) is 69.8 Å². The number of aryl methyl sites for hydroxylation is 1. The molecule has 0 spiro atoms. The SMILES string of the molecule is CCCCOc1cccc(C2c3c(oc4ccc(F)cc4c3=O)C(=O)N2c2nc(C)c(C(C)=O)s2)c1. The van der Waals surface area contributed by atoms with Crippen molar-refractivity contribution < 1.29 is 23.1 Å². The first-order valence-corrected chi connectivity index (χ1v) is 12.4. The molecule has 9 heteroatoms. The molecule has 5 rings (SSSR count). The fourth-order valence-corrected chi connectivity index (χ4v) is 5.37. The van der Waals surface area contributed by atoms with Crippen molar-refractivity contribution in [1.82, 2.24) is 4.98 Å². The highest BCUT2D eigenvalue weighted by Crippen LogP contribution is 2.43. The normalized spacial score (nSPS) is 14.9. The van der Waals surface area contributed by atoms with E-state index in [1.54, 1.807) is 31.2 Å². The van der Waals surface area contributed by atoms with E-state index in [-0.39, 0.29) is 33.2 Å². The Labute approximate surface area is 210 Å². The van der Waals surface area contributed by atoms with Gasteiger partial charge in [0.1, 0.15) is 17.1 Å². The molecule has 0 saturated carbocycles. The van der Waals surface area contributed by atoms with Gasteiger partial charge in [-0.15, -0.1) is 0 Å². The molecule has 7 nitrogen and oxygen atoms in total. The number of fused-ring (bicyclic) bond motifs is 2. The maximum Gasteiger partial charge on any atom is 0.297 e. The van der Waals surface area contributed by atoms with Crippen molar-refractivity contribution in [2.75, 3.05) is 11.5 Å². The van der Waals surface area contributed by atoms with Crippen LogP contribution in [0.4, 0.5) is 9.52 Å². The number of thiazole rings is 1. The third-order valence-electron chi connectivity index (χ3n) is 6.08. The largest absolute Gasteiger partial charge is 0.494 e. The molecule has 0 radical (unpaired) electrons. The Morgan fingerprint density at radius 2 is 2.03 bits per heavy atom. The van der Waals surface area contributed by atoms with Crippen LogP contribution in [0.3, 0.4) is 0 Å². The molecule has 1 unspecified atom stereocenters. The van der Waals surface area contributed by atoms with Crippen LogP contribution in [0.25, 0.3) is 11.0 Å². The van der Waals surface area contributed by atoms with Crippen LogP contribution in [0.2, 0.25) is 0 Å². The number of carbonyl (C=O) groups excluding carboxylic acids is 2. The summed E-state index contributed by atoms with van der Waals surface area (Å²) in [5, 5.41) is 0.314. The average Bonchev–Trinajstić information content (AvgIpc) is 3.37. The summed E-state index contributed by atoms with van der Waals surface area (Å²) in [6.45, 7) is 5.73. The van der Waals surface area contributed by atoms with Gasteiger partial charge >= 0.3 is 0 Å². The molecule has 184 valence electrons. The smallest absolute Gasteiger partial charge is 0.297 e. The lowest BCUT2D eigenvalue weighted by atomic mass is 9.98. The Bertz CT molecular complexity index is 1570. The third-order valence-corrected chi connectivity index (χ3v) is 7.34. The summed E-state index contributed by atoms with van der Waals surface area (Å²) < 4.78 is 25.7. The summed E-state index contributed by atoms with van der Waals surface area (Å²) >= 11 is 1.08. The van der Waals surface area contributed by atoms with Crippen molar-refractivity contribution in [1.29, 1.82) is 0 Å². The number of Topliss-reactive ketones (excluding diaryl/α,β-unsaturated/α-hetero) is 1. The van der Waals surface area contributed by atoms with Gasteiger partial charge in [0, 0.05) is 6.92 Å². The molecule has 2 aromatic carbocycles. The number of hydrogen-bond acceptors (Lipinski definition) is 7. The molecule has 0 saturated heterocycles. The van der Waals surface area contributed by atoms with E-state index in [1.807, 2.05) is 0 Å². The number of amides is 1. The molecule has 0 N–H and O–H groups in total. The van der Waals surface area contributed by atoms with E-state index in [4.69, 9.17) is 9.15 Å².